The maximum Gasteiger partial charge on any atom is 0.227 e. The molecule has 0 saturated carbocycles. The second-order valence-electron chi connectivity index (χ2n) is 3.10. The maximum absolute atomic E-state index is 9.40. The number of ether oxygens (including phenoxy) is 1. The van der Waals surface area contributed by atoms with E-state index >= 15 is 0 Å². The van der Waals surface area contributed by atoms with Gasteiger partial charge in [0.25, 0.3) is 0 Å². The summed E-state index contributed by atoms with van der Waals surface area (Å²) < 4.78 is 9.88. The molecule has 6 nitrogen and oxygen atoms in total. The molecule has 1 aromatic rings. The first-order chi connectivity index (χ1) is 7.33. The van der Waals surface area contributed by atoms with Crippen molar-refractivity contribution in [3.63, 3.8) is 0 Å². The first-order valence-corrected chi connectivity index (χ1v) is 5.05. The third-order valence-electron chi connectivity index (χ3n) is 1.82. The molecule has 15 heavy (non-hydrogen) atoms. The highest BCUT2D eigenvalue weighted by Crippen LogP contribution is 1.90. The van der Waals surface area contributed by atoms with Gasteiger partial charge in [0.15, 0.2) is 6.33 Å². The lowest BCUT2D eigenvalue weighted by molar-refractivity contribution is 0.0429. The van der Waals surface area contributed by atoms with Crippen molar-refractivity contribution in [1.82, 2.24) is 15.5 Å². The largest absolute Gasteiger partial charge is 0.389 e. The van der Waals surface area contributed by atoms with E-state index in [1.54, 1.807) is 0 Å². The van der Waals surface area contributed by atoms with Crippen molar-refractivity contribution in [3.8, 4) is 0 Å². The summed E-state index contributed by atoms with van der Waals surface area (Å²) in [6.45, 7) is 4.10. The summed E-state index contributed by atoms with van der Waals surface area (Å²) in [5.74, 6) is 0.599. The van der Waals surface area contributed by atoms with Gasteiger partial charge in [0.2, 0.25) is 5.89 Å². The molecule has 0 aliphatic heterocycles. The van der Waals surface area contributed by atoms with Crippen LogP contribution >= 0.6 is 0 Å². The van der Waals surface area contributed by atoms with Crippen LogP contribution < -0.4 is 5.32 Å². The van der Waals surface area contributed by atoms with Gasteiger partial charge in [-0.2, -0.15) is 4.98 Å². The molecular formula is C9H17N3O3. The second kappa shape index (κ2) is 7.33. The predicted octanol–water partition coefficient (Wildman–Crippen LogP) is -0.401. The SMILES string of the molecule is CCOCC(O)CNCCc1ncno1. The Hall–Kier alpha value is -0.980. The van der Waals surface area contributed by atoms with Crippen molar-refractivity contribution in [1.29, 1.82) is 0 Å². The van der Waals surface area contributed by atoms with E-state index < -0.39 is 6.10 Å². The van der Waals surface area contributed by atoms with Crippen molar-refractivity contribution in [2.45, 2.75) is 19.4 Å². The number of hydrogen-bond donors (Lipinski definition) is 2. The lowest BCUT2D eigenvalue weighted by atomic mass is 10.3. The van der Waals surface area contributed by atoms with Gasteiger partial charge >= 0.3 is 0 Å². The number of aliphatic hydroxyl groups excluding tert-OH is 1. The average Bonchev–Trinajstić information content (AvgIpc) is 2.74. The third-order valence-corrected chi connectivity index (χ3v) is 1.82. The molecule has 0 radical (unpaired) electrons. The smallest absolute Gasteiger partial charge is 0.227 e. The van der Waals surface area contributed by atoms with Crippen molar-refractivity contribution >= 4 is 0 Å². The van der Waals surface area contributed by atoms with Crippen molar-refractivity contribution in [2.75, 3.05) is 26.3 Å². The lowest BCUT2D eigenvalue weighted by Crippen LogP contribution is -2.31. The summed E-state index contributed by atoms with van der Waals surface area (Å²) in [5, 5.41) is 16.0. The van der Waals surface area contributed by atoms with Crippen LogP contribution in [-0.2, 0) is 11.2 Å². The summed E-state index contributed by atoms with van der Waals surface area (Å²) in [6, 6.07) is 0. The molecule has 6 heteroatoms. The fraction of sp³-hybridized carbons (Fsp3) is 0.778. The molecule has 0 fully saturated rings. The summed E-state index contributed by atoms with van der Waals surface area (Å²) in [4.78, 5) is 3.88. The summed E-state index contributed by atoms with van der Waals surface area (Å²) in [7, 11) is 0. The Morgan fingerprint density at radius 1 is 1.67 bits per heavy atom. The van der Waals surface area contributed by atoms with E-state index in [0.29, 0.717) is 38.6 Å². The average molecular weight is 215 g/mol. The minimum absolute atomic E-state index is 0.365. The Balaban J connectivity index is 1.97. The Bertz CT molecular complexity index is 241. The van der Waals surface area contributed by atoms with Crippen LogP contribution in [0.25, 0.3) is 0 Å². The van der Waals surface area contributed by atoms with Gasteiger partial charge in [0, 0.05) is 26.1 Å². The molecule has 2 N–H and O–H groups in total. The Morgan fingerprint density at radius 2 is 2.53 bits per heavy atom. The second-order valence-corrected chi connectivity index (χ2v) is 3.10. The highest BCUT2D eigenvalue weighted by molar-refractivity contribution is 4.75. The number of aromatic nitrogens is 2. The number of aliphatic hydroxyl groups is 1. The summed E-state index contributed by atoms with van der Waals surface area (Å²) >= 11 is 0. The quantitative estimate of drug-likeness (QED) is 0.574. The molecule has 86 valence electrons. The predicted molar refractivity (Wildman–Crippen MR) is 53.4 cm³/mol. The Morgan fingerprint density at radius 3 is 3.20 bits per heavy atom. The Labute approximate surface area is 88.6 Å². The van der Waals surface area contributed by atoms with Gasteiger partial charge < -0.3 is 19.7 Å². The zero-order chi connectivity index (χ0) is 10.9. The lowest BCUT2D eigenvalue weighted by Gasteiger charge is -2.10. The van der Waals surface area contributed by atoms with Crippen molar-refractivity contribution < 1.29 is 14.4 Å². The normalized spacial score (nSPS) is 12.9. The summed E-state index contributed by atoms with van der Waals surface area (Å²) in [6.07, 6.45) is 1.58. The van der Waals surface area contributed by atoms with Gasteiger partial charge in [-0.1, -0.05) is 5.16 Å². The number of rotatable bonds is 8. The van der Waals surface area contributed by atoms with Gasteiger partial charge in [-0.15, -0.1) is 0 Å². The molecule has 1 rings (SSSR count). The van der Waals surface area contributed by atoms with Gasteiger partial charge in [-0.25, -0.2) is 0 Å². The van der Waals surface area contributed by atoms with Crippen LogP contribution in [-0.4, -0.2) is 47.7 Å². The molecule has 1 aromatic heterocycles. The van der Waals surface area contributed by atoms with Crippen LogP contribution in [0.5, 0.6) is 0 Å². The standard InChI is InChI=1S/C9H17N3O3/c1-2-14-6-8(13)5-10-4-3-9-11-7-12-15-9/h7-8,10,13H,2-6H2,1H3. The van der Waals surface area contributed by atoms with E-state index in [9.17, 15) is 5.11 Å². The molecule has 0 aliphatic carbocycles. The minimum Gasteiger partial charge on any atom is -0.389 e. The van der Waals surface area contributed by atoms with Crippen LogP contribution in [0, 0.1) is 0 Å². The molecule has 0 bridgehead atoms. The van der Waals surface area contributed by atoms with Crippen molar-refractivity contribution in [2.24, 2.45) is 0 Å². The van der Waals surface area contributed by atoms with Crippen LogP contribution in [0.2, 0.25) is 0 Å². The number of nitrogens with one attached hydrogen (secondary N) is 1. The molecule has 0 amide bonds. The van der Waals surface area contributed by atoms with Gasteiger partial charge in [0.1, 0.15) is 0 Å². The monoisotopic (exact) mass is 215 g/mol. The first-order valence-electron chi connectivity index (χ1n) is 5.05. The van der Waals surface area contributed by atoms with E-state index in [1.165, 1.54) is 6.33 Å². The molecule has 0 aliphatic rings. The number of hydrogen-bond acceptors (Lipinski definition) is 6. The maximum atomic E-state index is 9.40. The zero-order valence-corrected chi connectivity index (χ0v) is 8.85. The van der Waals surface area contributed by atoms with Crippen LogP contribution in [0.3, 0.4) is 0 Å². The molecule has 1 unspecified atom stereocenters. The van der Waals surface area contributed by atoms with Gasteiger partial charge in [-0.3, -0.25) is 0 Å². The minimum atomic E-state index is -0.465. The van der Waals surface area contributed by atoms with Crippen LogP contribution in [0.4, 0.5) is 0 Å². The van der Waals surface area contributed by atoms with Gasteiger partial charge in [-0.05, 0) is 6.92 Å². The van der Waals surface area contributed by atoms with Crippen LogP contribution in [0.15, 0.2) is 10.9 Å². The van der Waals surface area contributed by atoms with E-state index in [4.69, 9.17) is 9.26 Å². The highest BCUT2D eigenvalue weighted by Gasteiger charge is 2.03. The molecule has 0 aromatic carbocycles. The molecular weight excluding hydrogens is 198 g/mol. The van der Waals surface area contributed by atoms with Crippen LogP contribution in [0.1, 0.15) is 12.8 Å². The number of nitrogens with zero attached hydrogens (tertiary/aromatic N) is 2. The van der Waals surface area contributed by atoms with Gasteiger partial charge in [0.05, 0.1) is 12.7 Å². The van der Waals surface area contributed by atoms with E-state index in [0.717, 1.165) is 0 Å². The first kappa shape index (κ1) is 12.1. The molecule has 0 saturated heterocycles. The van der Waals surface area contributed by atoms with E-state index in [2.05, 4.69) is 15.5 Å². The fourth-order valence-electron chi connectivity index (χ4n) is 1.08. The topological polar surface area (TPSA) is 80.4 Å². The molecule has 1 heterocycles. The van der Waals surface area contributed by atoms with Crippen molar-refractivity contribution in [3.05, 3.63) is 12.2 Å². The zero-order valence-electron chi connectivity index (χ0n) is 8.85. The highest BCUT2D eigenvalue weighted by atomic mass is 16.5. The van der Waals surface area contributed by atoms with E-state index in [-0.39, 0.29) is 0 Å². The Kier molecular flexibility index (Phi) is 5.91. The molecule has 1 atom stereocenters. The van der Waals surface area contributed by atoms with E-state index in [1.807, 2.05) is 6.92 Å². The third kappa shape index (κ3) is 5.46. The molecule has 0 spiro atoms. The summed E-state index contributed by atoms with van der Waals surface area (Å²) in [5.41, 5.74) is 0. The fourth-order valence-corrected chi connectivity index (χ4v) is 1.08.